The van der Waals surface area contributed by atoms with Crippen LogP contribution in [0, 0.1) is 5.92 Å². The number of carbonyl (C=O) groups is 2. The van der Waals surface area contributed by atoms with Gasteiger partial charge in [-0.3, -0.25) is 14.5 Å². The first-order valence-corrected chi connectivity index (χ1v) is 12.2. The molecule has 1 saturated heterocycles. The maximum atomic E-state index is 12.8. The van der Waals surface area contributed by atoms with Gasteiger partial charge in [0.1, 0.15) is 11.1 Å². The molecule has 5 nitrogen and oxygen atoms in total. The Kier molecular flexibility index (Phi) is 8.41. The molecule has 1 aliphatic rings. The van der Waals surface area contributed by atoms with Gasteiger partial charge in [-0.25, -0.2) is 0 Å². The van der Waals surface area contributed by atoms with Gasteiger partial charge in [-0.15, -0.1) is 11.8 Å². The van der Waals surface area contributed by atoms with E-state index >= 15 is 0 Å². The quantitative estimate of drug-likeness (QED) is 0.491. The molecule has 6 heteroatoms. The van der Waals surface area contributed by atoms with Crippen LogP contribution in [0.3, 0.4) is 0 Å². The minimum Gasteiger partial charge on any atom is -0.492 e. The van der Waals surface area contributed by atoms with Crippen LogP contribution in [0.2, 0.25) is 0 Å². The molecule has 1 aliphatic heterocycles. The lowest BCUT2D eigenvalue weighted by Crippen LogP contribution is -2.28. The molecule has 0 aliphatic carbocycles. The molecule has 2 atom stereocenters. The van der Waals surface area contributed by atoms with E-state index in [4.69, 9.17) is 4.74 Å². The highest BCUT2D eigenvalue weighted by molar-refractivity contribution is 8.00. The molecule has 0 bridgehead atoms. The number of carbonyl (C=O) groups excluding carboxylic acids is 2. The number of nitrogens with one attached hydrogen (secondary N) is 1. The summed E-state index contributed by atoms with van der Waals surface area (Å²) in [6.07, 6.45) is 3.89. The van der Waals surface area contributed by atoms with Gasteiger partial charge >= 0.3 is 0 Å². The highest BCUT2D eigenvalue weighted by Crippen LogP contribution is 2.45. The molecule has 2 aromatic carbocycles. The molecule has 31 heavy (non-hydrogen) atoms. The molecule has 0 unspecified atom stereocenters. The second kappa shape index (κ2) is 11.2. The molecule has 3 rings (SSSR count). The lowest BCUT2D eigenvalue weighted by molar-refractivity contribution is -0.120. The number of para-hydroxylation sites is 2. The third kappa shape index (κ3) is 5.62. The summed E-state index contributed by atoms with van der Waals surface area (Å²) in [5, 5.41) is 2.93. The predicted octanol–water partition coefficient (Wildman–Crippen LogP) is 6.02. The Morgan fingerprint density at radius 2 is 2.00 bits per heavy atom. The molecule has 2 amide bonds. The molecule has 0 saturated carbocycles. The summed E-state index contributed by atoms with van der Waals surface area (Å²) in [5.74, 6) is 1.28. The third-order valence-electron chi connectivity index (χ3n) is 5.50. The summed E-state index contributed by atoms with van der Waals surface area (Å²) in [5.41, 5.74) is 2.54. The molecule has 0 spiro atoms. The number of unbranched alkanes of at least 4 members (excludes halogenated alkanes) is 1. The molecule has 1 heterocycles. The van der Waals surface area contributed by atoms with Gasteiger partial charge < -0.3 is 10.1 Å². The van der Waals surface area contributed by atoms with Gasteiger partial charge in [-0.2, -0.15) is 0 Å². The smallest absolute Gasteiger partial charge is 0.238 e. The number of thioether (sulfide) groups is 1. The van der Waals surface area contributed by atoms with E-state index in [1.807, 2.05) is 60.4 Å². The van der Waals surface area contributed by atoms with E-state index < -0.39 is 0 Å². The highest BCUT2D eigenvalue weighted by Gasteiger charge is 2.35. The molecule has 166 valence electrons. The Hall–Kier alpha value is -2.47. The van der Waals surface area contributed by atoms with Crippen LogP contribution in [0.5, 0.6) is 5.75 Å². The number of nitrogens with zero attached hydrogens (tertiary/aromatic N) is 1. The van der Waals surface area contributed by atoms with Gasteiger partial charge in [0.05, 0.1) is 18.0 Å². The summed E-state index contributed by atoms with van der Waals surface area (Å²) in [6.45, 7) is 6.68. The highest BCUT2D eigenvalue weighted by atomic mass is 32.2. The van der Waals surface area contributed by atoms with Crippen molar-refractivity contribution in [3.05, 3.63) is 54.1 Å². The van der Waals surface area contributed by atoms with Crippen LogP contribution in [-0.4, -0.2) is 24.2 Å². The SMILES string of the molecule is CCCC[C@H](CC)C(=O)Nc1cccc([C@@H]2SCC(=O)N2c2ccccc2OCC)c1. The van der Waals surface area contributed by atoms with Crippen molar-refractivity contribution in [3.63, 3.8) is 0 Å². The summed E-state index contributed by atoms with van der Waals surface area (Å²) >= 11 is 1.59. The zero-order chi connectivity index (χ0) is 22.2. The second-order valence-corrected chi connectivity index (χ2v) is 8.76. The summed E-state index contributed by atoms with van der Waals surface area (Å²) in [6, 6.07) is 15.5. The van der Waals surface area contributed by atoms with E-state index in [9.17, 15) is 9.59 Å². The van der Waals surface area contributed by atoms with Crippen molar-refractivity contribution in [2.45, 2.75) is 51.8 Å². The van der Waals surface area contributed by atoms with Gasteiger partial charge in [-0.1, -0.05) is 51.0 Å². The fourth-order valence-corrected chi connectivity index (χ4v) is 5.01. The van der Waals surface area contributed by atoms with E-state index in [1.165, 1.54) is 0 Å². The minimum absolute atomic E-state index is 0.0283. The third-order valence-corrected chi connectivity index (χ3v) is 6.71. The van der Waals surface area contributed by atoms with Crippen LogP contribution in [0.4, 0.5) is 11.4 Å². The number of hydrogen-bond acceptors (Lipinski definition) is 4. The van der Waals surface area contributed by atoms with Gasteiger partial charge in [-0.05, 0) is 49.6 Å². The Balaban J connectivity index is 1.83. The number of ether oxygens (including phenoxy) is 1. The Morgan fingerprint density at radius 3 is 2.74 bits per heavy atom. The van der Waals surface area contributed by atoms with Crippen LogP contribution in [0.15, 0.2) is 48.5 Å². The Morgan fingerprint density at radius 1 is 1.19 bits per heavy atom. The van der Waals surface area contributed by atoms with Crippen molar-refractivity contribution < 1.29 is 14.3 Å². The Bertz CT molecular complexity index is 902. The van der Waals surface area contributed by atoms with Crippen LogP contribution in [0.25, 0.3) is 0 Å². The van der Waals surface area contributed by atoms with Crippen LogP contribution in [0.1, 0.15) is 57.4 Å². The van der Waals surface area contributed by atoms with Crippen molar-refractivity contribution in [1.82, 2.24) is 0 Å². The van der Waals surface area contributed by atoms with Crippen LogP contribution >= 0.6 is 11.8 Å². The number of rotatable bonds is 10. The van der Waals surface area contributed by atoms with Gasteiger partial charge in [0.2, 0.25) is 11.8 Å². The standard InChI is InChI=1S/C25H32N2O3S/c1-4-7-11-18(5-2)24(29)26-20-13-10-12-19(16-20)25-27(23(28)17-31-25)21-14-8-9-15-22(21)30-6-3/h8-10,12-16,18,25H,4-7,11,17H2,1-3H3,(H,26,29)/t18-,25-/m0/s1. The number of benzene rings is 2. The molecule has 1 N–H and O–H groups in total. The predicted molar refractivity (Wildman–Crippen MR) is 129 cm³/mol. The van der Waals surface area contributed by atoms with Crippen molar-refractivity contribution in [1.29, 1.82) is 0 Å². The average Bonchev–Trinajstić information content (AvgIpc) is 3.16. The maximum Gasteiger partial charge on any atom is 0.238 e. The van der Waals surface area contributed by atoms with Crippen LogP contribution in [-0.2, 0) is 9.59 Å². The molecular weight excluding hydrogens is 408 g/mol. The van der Waals surface area contributed by atoms with Gasteiger partial charge in [0.15, 0.2) is 0 Å². The monoisotopic (exact) mass is 440 g/mol. The average molecular weight is 441 g/mol. The fourth-order valence-electron chi connectivity index (χ4n) is 3.85. The number of hydrogen-bond donors (Lipinski definition) is 1. The zero-order valence-electron chi connectivity index (χ0n) is 18.6. The van der Waals surface area contributed by atoms with Gasteiger partial charge in [0.25, 0.3) is 0 Å². The number of amides is 2. The van der Waals surface area contributed by atoms with Gasteiger partial charge in [0, 0.05) is 11.6 Å². The molecular formula is C25H32N2O3S. The van der Waals surface area contributed by atoms with E-state index in [2.05, 4.69) is 19.2 Å². The van der Waals surface area contributed by atoms with E-state index in [-0.39, 0.29) is 23.1 Å². The van der Waals surface area contributed by atoms with Crippen molar-refractivity contribution in [2.24, 2.45) is 5.92 Å². The van der Waals surface area contributed by atoms with Crippen LogP contribution < -0.4 is 15.0 Å². The van der Waals surface area contributed by atoms with E-state index in [0.717, 1.165) is 42.6 Å². The van der Waals surface area contributed by atoms with Crippen molar-refractivity contribution >= 4 is 35.0 Å². The fraction of sp³-hybridized carbons (Fsp3) is 0.440. The first-order chi connectivity index (χ1) is 15.1. The molecule has 1 fully saturated rings. The van der Waals surface area contributed by atoms with Crippen molar-refractivity contribution in [2.75, 3.05) is 22.6 Å². The van der Waals surface area contributed by atoms with Crippen molar-refractivity contribution in [3.8, 4) is 5.75 Å². The maximum absolute atomic E-state index is 12.8. The zero-order valence-corrected chi connectivity index (χ0v) is 19.4. The number of anilines is 2. The Labute approximate surface area is 189 Å². The topological polar surface area (TPSA) is 58.6 Å². The lowest BCUT2D eigenvalue weighted by Gasteiger charge is -2.26. The first-order valence-electron chi connectivity index (χ1n) is 11.1. The summed E-state index contributed by atoms with van der Waals surface area (Å²) in [7, 11) is 0. The largest absolute Gasteiger partial charge is 0.492 e. The molecule has 0 aromatic heterocycles. The normalized spacial score (nSPS) is 16.9. The van der Waals surface area contributed by atoms with E-state index in [0.29, 0.717) is 18.1 Å². The summed E-state index contributed by atoms with van der Waals surface area (Å²) < 4.78 is 5.77. The molecule has 0 radical (unpaired) electrons. The lowest BCUT2D eigenvalue weighted by atomic mass is 9.98. The second-order valence-electron chi connectivity index (χ2n) is 7.69. The first kappa shape index (κ1) is 23.2. The summed E-state index contributed by atoms with van der Waals surface area (Å²) in [4.78, 5) is 27.3. The molecule has 2 aromatic rings. The minimum atomic E-state index is -0.159. The van der Waals surface area contributed by atoms with E-state index in [1.54, 1.807) is 11.8 Å².